The van der Waals surface area contributed by atoms with Crippen molar-refractivity contribution in [3.63, 3.8) is 0 Å². The highest BCUT2D eigenvalue weighted by Gasteiger charge is 2.59. The van der Waals surface area contributed by atoms with Crippen LogP contribution in [0.3, 0.4) is 0 Å². The fourth-order valence-corrected chi connectivity index (χ4v) is 25.2. The van der Waals surface area contributed by atoms with E-state index in [-0.39, 0.29) is 12.0 Å². The highest BCUT2D eigenvalue weighted by molar-refractivity contribution is 8.01. The van der Waals surface area contributed by atoms with Crippen molar-refractivity contribution in [3.05, 3.63) is 380 Å². The molecule has 0 aliphatic heterocycles. The van der Waals surface area contributed by atoms with Gasteiger partial charge in [-0.2, -0.15) is 12.0 Å². The lowest BCUT2D eigenvalue weighted by atomic mass is 9.15. The van der Waals surface area contributed by atoms with E-state index in [9.17, 15) is 0 Å². The van der Waals surface area contributed by atoms with Gasteiger partial charge in [0.2, 0.25) is 0 Å². The Morgan fingerprint density at radius 1 is 0.179 bits per heavy atom. The van der Waals surface area contributed by atoms with E-state index in [1.807, 2.05) is 0 Å². The molecule has 0 fully saturated rings. The van der Waals surface area contributed by atoms with Crippen molar-refractivity contribution in [2.75, 3.05) is 12.3 Å². The Morgan fingerprint density at radius 3 is 0.446 bits per heavy atom. The molecule has 0 aliphatic carbocycles. The SMILES string of the molecule is Fc1c(F)c(F)c([B-](/C=C(\c2ccccc2)[P+](CC[P+](/C(=C/[B-](c2c(F)c(F)c(F)c(F)c2F)(c2c(F)c(F)c(F)c(F)c2F)c2c(F)c(F)c(F)c(F)c2F)c2ccccc2)(c2ccccc2)c2ccccc2)(c2ccccc2)c2ccccc2)(c2c(F)c(F)c(F)c(F)c2F)c2c(F)c(F)c(F)c(F)c2F)c(F)c1F. The Morgan fingerprint density at radius 2 is 0.304 bits per heavy atom. The zero-order chi connectivity index (χ0) is 81.4. The second kappa shape index (κ2) is 30.6. The zero-order valence-corrected chi connectivity index (χ0v) is 57.1. The number of rotatable bonds is 19. The highest BCUT2D eigenvalue weighted by Crippen LogP contribution is 2.74. The molecule has 0 aliphatic rings. The molecule has 0 nitrogen and oxygen atoms in total. The van der Waals surface area contributed by atoms with Crippen LogP contribution in [0.25, 0.3) is 10.6 Å². The minimum absolute atomic E-state index is 0.305. The van der Waals surface area contributed by atoms with Crippen LogP contribution in [-0.4, -0.2) is 24.6 Å². The fourth-order valence-electron chi connectivity index (χ4n) is 14.7. The van der Waals surface area contributed by atoms with E-state index in [0.717, 1.165) is 158 Å². The standard InChI is InChI=1S/C78H36B2F30P2/c81-49-43(50(82)62(94)73(105)61(49)93)79(44-51(83)63(95)74(106)64(96)52(44)84,45-53(85)65(97)75(107)66(98)54(45)86)33-41(35-19-7-1-8-20-35)111(37-23-11-3-12-24-37,38-25-13-4-14-26-38)31-32-112(39-27-15-5-16-28-39,40-29-17-6-18-30-40)42(36-21-9-2-10-22-36)34-80(46-55(87)67(99)76(108)68(100)56(46)88,47-57(89)69(101)77(109)70(102)58(47)90)48-59(91)71(103)78(110)72(104)60(48)92/h1-30,33-34H,31-32H2/b41-33+,42-34+. The molecule has 112 heavy (non-hydrogen) atoms. The molecule has 0 saturated heterocycles. The van der Waals surface area contributed by atoms with Gasteiger partial charge in [-0.25, -0.2) is 132 Å². The van der Waals surface area contributed by atoms with Gasteiger partial charge in [0.1, 0.15) is 130 Å². The van der Waals surface area contributed by atoms with Crippen molar-refractivity contribution in [1.29, 1.82) is 0 Å². The van der Waals surface area contributed by atoms with Crippen LogP contribution in [-0.2, 0) is 0 Å². The molecule has 0 aromatic heterocycles. The third kappa shape index (κ3) is 12.3. The lowest BCUT2D eigenvalue weighted by Crippen LogP contribution is -2.72. The highest BCUT2D eigenvalue weighted by atomic mass is 31.2. The van der Waals surface area contributed by atoms with Crippen molar-refractivity contribution in [1.82, 2.24) is 0 Å². The maximum Gasteiger partial charge on any atom is 0.200 e. The van der Waals surface area contributed by atoms with Gasteiger partial charge in [-0.1, -0.05) is 133 Å². The summed E-state index contributed by atoms with van der Waals surface area (Å²) in [5.41, 5.74) is -20.5. The Bertz CT molecular complexity index is 4900. The van der Waals surface area contributed by atoms with Gasteiger partial charge in [0, 0.05) is 11.1 Å². The summed E-state index contributed by atoms with van der Waals surface area (Å²) in [6.07, 6.45) is -16.3. The molecule has 0 unspecified atom stereocenters. The normalized spacial score (nSPS) is 12.6. The topological polar surface area (TPSA) is 0 Å². The smallest absolute Gasteiger partial charge is 0.200 e. The first-order valence-electron chi connectivity index (χ1n) is 32.1. The lowest BCUT2D eigenvalue weighted by Gasteiger charge is -2.44. The van der Waals surface area contributed by atoms with Gasteiger partial charge in [0.15, 0.2) is 105 Å². The number of hydrogen-bond acceptors (Lipinski definition) is 0. The second-order valence-corrected chi connectivity index (χ2v) is 32.2. The summed E-state index contributed by atoms with van der Waals surface area (Å²) in [7, 11) is -10.8. The van der Waals surface area contributed by atoms with Crippen molar-refractivity contribution < 1.29 is 132 Å². The molecule has 0 bridgehead atoms. The monoisotopic (exact) mass is 1630 g/mol. The maximum atomic E-state index is 17.9. The Kier molecular flexibility index (Phi) is 22.0. The first-order valence-corrected chi connectivity index (χ1v) is 36.0. The van der Waals surface area contributed by atoms with Crippen molar-refractivity contribution in [2.24, 2.45) is 0 Å². The predicted octanol–water partition coefficient (Wildman–Crippen LogP) is 18.0. The van der Waals surface area contributed by atoms with Gasteiger partial charge in [0.05, 0.1) is 10.6 Å². The van der Waals surface area contributed by atoms with Crippen LogP contribution >= 0.6 is 14.5 Å². The summed E-state index contributed by atoms with van der Waals surface area (Å²) in [5.74, 6) is -103. The van der Waals surface area contributed by atoms with E-state index in [0.29, 0.717) is 0 Å². The summed E-state index contributed by atoms with van der Waals surface area (Å²) in [6, 6.07) is 31.4. The van der Waals surface area contributed by atoms with Gasteiger partial charge in [-0.3, -0.25) is 0 Å². The fraction of sp³-hybridized carbons (Fsp3) is 0.0256. The van der Waals surface area contributed by atoms with Crippen LogP contribution < -0.4 is 54.0 Å². The molecular formula is C78H36B2F30P2. The summed E-state index contributed by atoms with van der Waals surface area (Å²) < 4.78 is 507. The maximum absolute atomic E-state index is 17.9. The quantitative estimate of drug-likeness (QED) is 0.0249. The van der Waals surface area contributed by atoms with Crippen molar-refractivity contribution >= 4 is 91.4 Å². The molecule has 0 heterocycles. The van der Waals surface area contributed by atoms with Gasteiger partial charge in [-0.15, -0.1) is 32.8 Å². The first-order chi connectivity index (χ1) is 53.1. The largest absolute Gasteiger partial charge is 0.207 e. The molecule has 0 radical (unpaired) electrons. The molecular weight excluding hydrogens is 1590 g/mol. The molecule has 12 aromatic carbocycles. The summed E-state index contributed by atoms with van der Waals surface area (Å²) in [5, 5.41) is -4.31. The zero-order valence-electron chi connectivity index (χ0n) is 55.3. The molecule has 0 amide bonds. The summed E-state index contributed by atoms with van der Waals surface area (Å²) in [6.45, 7) is 0. The first kappa shape index (κ1) is 80.5. The van der Waals surface area contributed by atoms with E-state index in [1.165, 1.54) is 24.3 Å². The van der Waals surface area contributed by atoms with Crippen LogP contribution in [0.15, 0.2) is 194 Å². The summed E-state index contributed by atoms with van der Waals surface area (Å²) >= 11 is 0. The molecule has 12 rings (SSSR count). The van der Waals surface area contributed by atoms with E-state index in [2.05, 4.69) is 0 Å². The average molecular weight is 1630 g/mol. The predicted molar refractivity (Wildman–Crippen MR) is 363 cm³/mol. The van der Waals surface area contributed by atoms with E-state index in [1.54, 1.807) is 0 Å². The molecule has 12 aromatic rings. The van der Waals surface area contributed by atoms with Crippen LogP contribution in [0.4, 0.5) is 132 Å². The average Bonchev–Trinajstić information content (AvgIpc) is 0.694. The number of benzene rings is 12. The van der Waals surface area contributed by atoms with Gasteiger partial charge >= 0.3 is 0 Å². The Labute approximate surface area is 612 Å². The van der Waals surface area contributed by atoms with Crippen LogP contribution in [0.2, 0.25) is 0 Å². The van der Waals surface area contributed by atoms with E-state index < -0.39 is 289 Å². The Balaban J connectivity index is 1.41. The third-order valence-corrected chi connectivity index (χ3v) is 28.9. The lowest BCUT2D eigenvalue weighted by molar-refractivity contribution is 0.379. The van der Waals surface area contributed by atoms with Crippen molar-refractivity contribution in [2.45, 2.75) is 0 Å². The van der Waals surface area contributed by atoms with Crippen LogP contribution in [0, 0.1) is 175 Å². The van der Waals surface area contributed by atoms with Crippen LogP contribution in [0.1, 0.15) is 11.1 Å². The molecule has 0 N–H and O–H groups in total. The number of halogens is 30. The van der Waals surface area contributed by atoms with E-state index in [4.69, 9.17) is 0 Å². The van der Waals surface area contributed by atoms with Gasteiger partial charge < -0.3 is 0 Å². The Hall–Kier alpha value is -11.0. The molecule has 34 heteroatoms. The molecule has 0 atom stereocenters. The second-order valence-electron chi connectivity index (χ2n) is 25.0. The molecule has 0 saturated carbocycles. The van der Waals surface area contributed by atoms with Crippen LogP contribution in [0.5, 0.6) is 0 Å². The molecule has 574 valence electrons. The van der Waals surface area contributed by atoms with Gasteiger partial charge in [0.25, 0.3) is 0 Å². The van der Waals surface area contributed by atoms with E-state index >= 15 is 132 Å². The third-order valence-electron chi connectivity index (χ3n) is 19.5. The molecule has 0 spiro atoms. The van der Waals surface area contributed by atoms with Gasteiger partial charge in [-0.05, 0) is 48.5 Å². The minimum Gasteiger partial charge on any atom is -0.207 e. The minimum atomic E-state index is -6.82. The van der Waals surface area contributed by atoms with Crippen molar-refractivity contribution in [3.8, 4) is 0 Å². The number of hydrogen-bond donors (Lipinski definition) is 0. The summed E-state index contributed by atoms with van der Waals surface area (Å²) in [4.78, 5) is 0.